The Morgan fingerprint density at radius 1 is 1.24 bits per heavy atom. The fourth-order valence-corrected chi connectivity index (χ4v) is 3.06. The maximum atomic E-state index is 12.7. The summed E-state index contributed by atoms with van der Waals surface area (Å²) in [5.41, 5.74) is 0.659. The number of hydrogen-bond acceptors (Lipinski definition) is 4. The second-order valence-electron chi connectivity index (χ2n) is 5.99. The number of nitrogens with one attached hydrogen (secondary N) is 1. The summed E-state index contributed by atoms with van der Waals surface area (Å²) >= 11 is 0. The Morgan fingerprint density at radius 2 is 2.00 bits per heavy atom. The summed E-state index contributed by atoms with van der Waals surface area (Å²) in [6.45, 7) is 2.08. The van der Waals surface area contributed by atoms with E-state index in [4.69, 9.17) is 0 Å². The van der Waals surface area contributed by atoms with E-state index in [0.717, 1.165) is 12.4 Å². The van der Waals surface area contributed by atoms with Gasteiger partial charge in [0, 0.05) is 57.5 Å². The van der Waals surface area contributed by atoms with Gasteiger partial charge in [0.1, 0.15) is 11.9 Å². The zero-order valence-corrected chi connectivity index (χ0v) is 15.0. The molecule has 2 heterocycles. The monoisotopic (exact) mass is 362 g/mol. The molecule has 6 nitrogen and oxygen atoms in total. The van der Waals surface area contributed by atoms with Gasteiger partial charge in [-0.15, -0.1) is 12.4 Å². The molecule has 1 aromatic carbocycles. The average molecular weight is 363 g/mol. The van der Waals surface area contributed by atoms with Crippen molar-refractivity contribution >= 4 is 24.1 Å². The van der Waals surface area contributed by atoms with E-state index >= 15 is 0 Å². The lowest BCUT2D eigenvalue weighted by molar-refractivity contribution is -0.134. The number of aromatic nitrogens is 2. The molecule has 0 spiro atoms. The second kappa shape index (κ2) is 8.78. The van der Waals surface area contributed by atoms with Crippen LogP contribution in [0.3, 0.4) is 0 Å². The number of hydrogen-bond donors (Lipinski definition) is 1. The molecule has 1 aromatic heterocycles. The predicted octanol–water partition coefficient (Wildman–Crippen LogP) is 1.98. The van der Waals surface area contributed by atoms with Crippen molar-refractivity contribution in [3.63, 3.8) is 0 Å². The van der Waals surface area contributed by atoms with Crippen LogP contribution < -0.4 is 5.32 Å². The van der Waals surface area contributed by atoms with Gasteiger partial charge < -0.3 is 14.8 Å². The van der Waals surface area contributed by atoms with Crippen LogP contribution in [0.15, 0.2) is 42.7 Å². The number of nitrogens with zero attached hydrogens (tertiary/aromatic N) is 3. The summed E-state index contributed by atoms with van der Waals surface area (Å²) in [5, 5.41) is 3.31. The molecule has 0 bridgehead atoms. The van der Waals surface area contributed by atoms with Crippen molar-refractivity contribution in [2.45, 2.75) is 18.9 Å². The molecule has 1 N–H and O–H groups in total. The largest absolute Gasteiger partial charge is 0.336 e. The first-order valence-corrected chi connectivity index (χ1v) is 8.22. The van der Waals surface area contributed by atoms with Crippen molar-refractivity contribution < 1.29 is 9.59 Å². The third-order valence-corrected chi connectivity index (χ3v) is 4.38. The Morgan fingerprint density at radius 3 is 2.68 bits per heavy atom. The molecular weight excluding hydrogens is 340 g/mol. The molecule has 2 aromatic rings. The van der Waals surface area contributed by atoms with E-state index in [1.807, 2.05) is 40.9 Å². The van der Waals surface area contributed by atoms with E-state index in [9.17, 15) is 9.59 Å². The first-order valence-electron chi connectivity index (χ1n) is 8.22. The summed E-state index contributed by atoms with van der Waals surface area (Å²) in [7, 11) is 1.93. The molecule has 134 valence electrons. The van der Waals surface area contributed by atoms with Gasteiger partial charge in [-0.05, 0) is 0 Å². The number of benzene rings is 1. The molecular formula is C18H23ClN4O2. The molecule has 25 heavy (non-hydrogen) atoms. The Labute approximate surface area is 153 Å². The number of halogens is 1. The SMILES string of the molecule is Cl.Cn1ccnc1C1CNCCN1C(=O)CCC(=O)c1ccccc1. The lowest BCUT2D eigenvalue weighted by atomic mass is 10.1. The predicted molar refractivity (Wildman–Crippen MR) is 97.8 cm³/mol. The van der Waals surface area contributed by atoms with Gasteiger partial charge in [0.15, 0.2) is 5.78 Å². The molecule has 1 atom stereocenters. The first-order chi connectivity index (χ1) is 11.7. The van der Waals surface area contributed by atoms with E-state index in [2.05, 4.69) is 10.3 Å². The fourth-order valence-electron chi connectivity index (χ4n) is 3.06. The van der Waals surface area contributed by atoms with Crippen LogP contribution in [-0.4, -0.2) is 45.8 Å². The molecule has 1 amide bonds. The van der Waals surface area contributed by atoms with Crippen LogP contribution in [0.2, 0.25) is 0 Å². The van der Waals surface area contributed by atoms with Gasteiger partial charge in [0.05, 0.1) is 0 Å². The lowest BCUT2D eigenvalue weighted by Crippen LogP contribution is -2.49. The van der Waals surface area contributed by atoms with Gasteiger partial charge in [0.2, 0.25) is 5.91 Å². The number of Topliss-reactive ketones (excluding diaryl/α,β-unsaturated/α-hetero) is 1. The van der Waals surface area contributed by atoms with Crippen LogP contribution >= 0.6 is 12.4 Å². The zero-order chi connectivity index (χ0) is 16.9. The zero-order valence-electron chi connectivity index (χ0n) is 14.2. The van der Waals surface area contributed by atoms with Crippen LogP contribution in [0.25, 0.3) is 0 Å². The van der Waals surface area contributed by atoms with Crippen molar-refractivity contribution in [2.75, 3.05) is 19.6 Å². The summed E-state index contributed by atoms with van der Waals surface area (Å²) in [4.78, 5) is 31.1. The van der Waals surface area contributed by atoms with Crippen molar-refractivity contribution in [2.24, 2.45) is 7.05 Å². The van der Waals surface area contributed by atoms with Gasteiger partial charge in [-0.1, -0.05) is 30.3 Å². The minimum atomic E-state index is -0.0851. The fraction of sp³-hybridized carbons (Fsp3) is 0.389. The topological polar surface area (TPSA) is 67.2 Å². The van der Waals surface area contributed by atoms with Crippen LogP contribution in [0.4, 0.5) is 0 Å². The average Bonchev–Trinajstić information content (AvgIpc) is 3.06. The Balaban J connectivity index is 0.00000225. The van der Waals surface area contributed by atoms with Gasteiger partial charge in [-0.25, -0.2) is 4.98 Å². The molecule has 0 saturated carbocycles. The normalized spacial score (nSPS) is 17.0. The number of piperazine rings is 1. The summed E-state index contributed by atoms with van der Waals surface area (Å²) in [5.74, 6) is 0.881. The molecule has 0 radical (unpaired) electrons. The van der Waals surface area contributed by atoms with Gasteiger partial charge in [-0.2, -0.15) is 0 Å². The number of ketones is 1. The molecule has 1 aliphatic rings. The molecule has 0 aliphatic carbocycles. The van der Waals surface area contributed by atoms with E-state index in [1.54, 1.807) is 18.3 Å². The van der Waals surface area contributed by atoms with Gasteiger partial charge >= 0.3 is 0 Å². The minimum absolute atomic E-state index is 0. The number of imidazole rings is 1. The Hall–Kier alpha value is -2.18. The number of rotatable bonds is 5. The number of carbonyl (C=O) groups excluding carboxylic acids is 2. The highest BCUT2D eigenvalue weighted by Gasteiger charge is 2.30. The highest BCUT2D eigenvalue weighted by Crippen LogP contribution is 2.21. The summed E-state index contributed by atoms with van der Waals surface area (Å²) in [6, 6.07) is 9.03. The van der Waals surface area contributed by atoms with Gasteiger partial charge in [-0.3, -0.25) is 9.59 Å². The minimum Gasteiger partial charge on any atom is -0.336 e. The molecule has 7 heteroatoms. The van der Waals surface area contributed by atoms with Crippen LogP contribution in [0.1, 0.15) is 35.1 Å². The highest BCUT2D eigenvalue weighted by atomic mass is 35.5. The van der Waals surface area contributed by atoms with E-state index in [1.165, 1.54) is 0 Å². The number of aryl methyl sites for hydroxylation is 1. The maximum absolute atomic E-state index is 12.7. The van der Waals surface area contributed by atoms with E-state index < -0.39 is 0 Å². The standard InChI is InChI=1S/C18H22N4O2.ClH/c1-21-11-10-20-18(21)15-13-19-9-12-22(15)17(24)8-7-16(23)14-5-3-2-4-6-14;/h2-6,10-11,15,19H,7-9,12-13H2,1H3;1H. The molecule has 3 rings (SSSR count). The molecule has 1 saturated heterocycles. The molecule has 1 unspecified atom stereocenters. The highest BCUT2D eigenvalue weighted by molar-refractivity contribution is 5.97. The van der Waals surface area contributed by atoms with Crippen molar-refractivity contribution in [3.05, 3.63) is 54.1 Å². The Kier molecular flexibility index (Phi) is 6.73. The van der Waals surface area contributed by atoms with Gasteiger partial charge in [0.25, 0.3) is 0 Å². The summed E-state index contributed by atoms with van der Waals surface area (Å²) < 4.78 is 1.94. The lowest BCUT2D eigenvalue weighted by Gasteiger charge is -2.35. The third kappa shape index (κ3) is 4.46. The quantitative estimate of drug-likeness (QED) is 0.826. The molecule has 1 fully saturated rings. The van der Waals surface area contributed by atoms with Crippen molar-refractivity contribution in [1.29, 1.82) is 0 Å². The smallest absolute Gasteiger partial charge is 0.223 e. The Bertz CT molecular complexity index is 717. The first kappa shape index (κ1) is 19.1. The summed E-state index contributed by atoms with van der Waals surface area (Å²) in [6.07, 6.45) is 4.09. The van der Waals surface area contributed by atoms with Crippen molar-refractivity contribution in [1.82, 2.24) is 19.8 Å². The van der Waals surface area contributed by atoms with E-state index in [0.29, 0.717) is 18.7 Å². The molecule has 1 aliphatic heterocycles. The second-order valence-corrected chi connectivity index (χ2v) is 5.99. The number of carbonyl (C=O) groups is 2. The maximum Gasteiger partial charge on any atom is 0.223 e. The van der Waals surface area contributed by atoms with Crippen LogP contribution in [0.5, 0.6) is 0 Å². The number of amides is 1. The van der Waals surface area contributed by atoms with Crippen LogP contribution in [0, 0.1) is 0 Å². The van der Waals surface area contributed by atoms with E-state index in [-0.39, 0.29) is 43.0 Å². The third-order valence-electron chi connectivity index (χ3n) is 4.38. The van der Waals surface area contributed by atoms with Crippen molar-refractivity contribution in [3.8, 4) is 0 Å². The van der Waals surface area contributed by atoms with Crippen LogP contribution in [-0.2, 0) is 11.8 Å².